The number of hydrogen-bond donors (Lipinski definition) is 1. The highest BCUT2D eigenvalue weighted by Gasteiger charge is 2.40. The minimum atomic E-state index is -2.21. The number of nitro groups is 1. The molecule has 2 aromatic rings. The van der Waals surface area contributed by atoms with E-state index in [0.29, 0.717) is 5.56 Å². The molecule has 0 heterocycles. The lowest BCUT2D eigenvalue weighted by Gasteiger charge is -2.40. The number of hydrogen-bond acceptors (Lipinski definition) is 5. The van der Waals surface area contributed by atoms with Gasteiger partial charge >= 0.3 is 5.69 Å². The standard InChI is InChI=1S/C24H33NO5Si/c1-7-21(26)22(30-31(5,6)24(2,3)4)16-19-14-11-15-20(25(27)28)23(19)29-17-18-12-9-8-10-13-18/h7-15,21-22,26H,1,16-17H2,2-6H3/t21-,22-/m0/s1. The monoisotopic (exact) mass is 443 g/mol. The fourth-order valence-corrected chi connectivity index (χ4v) is 4.26. The summed E-state index contributed by atoms with van der Waals surface area (Å²) < 4.78 is 12.4. The summed E-state index contributed by atoms with van der Waals surface area (Å²) in [6.07, 6.45) is 0.223. The first-order valence-electron chi connectivity index (χ1n) is 10.4. The highest BCUT2D eigenvalue weighted by molar-refractivity contribution is 6.74. The third kappa shape index (κ3) is 6.50. The summed E-state index contributed by atoms with van der Waals surface area (Å²) in [6, 6.07) is 14.3. The van der Waals surface area contributed by atoms with E-state index in [1.807, 2.05) is 30.3 Å². The molecular formula is C24H33NO5Si. The lowest BCUT2D eigenvalue weighted by Crippen LogP contribution is -2.47. The minimum Gasteiger partial charge on any atom is -0.482 e. The quantitative estimate of drug-likeness (QED) is 0.222. The van der Waals surface area contributed by atoms with E-state index in [-0.39, 0.29) is 29.5 Å². The summed E-state index contributed by atoms with van der Waals surface area (Å²) in [5.74, 6) is 0.205. The van der Waals surface area contributed by atoms with Gasteiger partial charge in [-0.25, -0.2) is 0 Å². The minimum absolute atomic E-state index is 0.0541. The van der Waals surface area contributed by atoms with Crippen LogP contribution >= 0.6 is 0 Å². The van der Waals surface area contributed by atoms with Gasteiger partial charge in [-0.1, -0.05) is 69.3 Å². The summed E-state index contributed by atoms with van der Waals surface area (Å²) in [7, 11) is -2.21. The van der Waals surface area contributed by atoms with Crippen molar-refractivity contribution in [3.05, 3.63) is 82.4 Å². The second-order valence-electron chi connectivity index (χ2n) is 9.14. The van der Waals surface area contributed by atoms with Crippen LogP contribution in [0.1, 0.15) is 31.9 Å². The average molecular weight is 444 g/mol. The Bertz CT molecular complexity index is 893. The number of ether oxygens (including phenoxy) is 1. The molecule has 7 heteroatoms. The number of nitro benzene ring substituents is 1. The normalized spacial score (nSPS) is 14.0. The van der Waals surface area contributed by atoms with Crippen molar-refractivity contribution in [3.63, 3.8) is 0 Å². The van der Waals surface area contributed by atoms with Crippen LogP contribution in [0.3, 0.4) is 0 Å². The van der Waals surface area contributed by atoms with E-state index >= 15 is 0 Å². The van der Waals surface area contributed by atoms with Crippen LogP contribution in [0.4, 0.5) is 5.69 Å². The molecule has 0 radical (unpaired) electrons. The van der Waals surface area contributed by atoms with Gasteiger partial charge in [0.1, 0.15) is 6.61 Å². The zero-order valence-corrected chi connectivity index (χ0v) is 20.0. The van der Waals surface area contributed by atoms with Crippen molar-refractivity contribution in [3.8, 4) is 5.75 Å². The number of aliphatic hydroxyl groups excluding tert-OH is 1. The van der Waals surface area contributed by atoms with Crippen LogP contribution in [-0.2, 0) is 17.5 Å². The topological polar surface area (TPSA) is 81.8 Å². The molecule has 0 aliphatic carbocycles. The molecule has 0 unspecified atom stereocenters. The van der Waals surface area contributed by atoms with Crippen molar-refractivity contribution in [1.29, 1.82) is 0 Å². The van der Waals surface area contributed by atoms with Crippen molar-refractivity contribution in [1.82, 2.24) is 0 Å². The lowest BCUT2D eigenvalue weighted by molar-refractivity contribution is -0.386. The Kier molecular flexibility index (Phi) is 8.17. The van der Waals surface area contributed by atoms with Crippen LogP contribution in [0.2, 0.25) is 18.1 Å². The van der Waals surface area contributed by atoms with Gasteiger partial charge in [-0.05, 0) is 23.7 Å². The fraction of sp³-hybridized carbons (Fsp3) is 0.417. The summed E-state index contributed by atoms with van der Waals surface area (Å²) >= 11 is 0. The molecule has 6 nitrogen and oxygen atoms in total. The van der Waals surface area contributed by atoms with Crippen LogP contribution in [-0.4, -0.2) is 30.6 Å². The van der Waals surface area contributed by atoms with Gasteiger partial charge in [0.2, 0.25) is 5.75 Å². The maximum Gasteiger partial charge on any atom is 0.311 e. The van der Waals surface area contributed by atoms with Crippen molar-refractivity contribution in [2.24, 2.45) is 0 Å². The van der Waals surface area contributed by atoms with E-state index in [1.54, 1.807) is 12.1 Å². The number of nitrogens with zero attached hydrogens (tertiary/aromatic N) is 1. The molecule has 0 spiro atoms. The molecule has 0 bridgehead atoms. The molecule has 168 valence electrons. The number of aliphatic hydroxyl groups is 1. The Morgan fingerprint density at radius 1 is 1.16 bits per heavy atom. The zero-order valence-electron chi connectivity index (χ0n) is 19.0. The van der Waals surface area contributed by atoms with Crippen LogP contribution in [0.5, 0.6) is 5.75 Å². The van der Waals surface area contributed by atoms with E-state index in [0.717, 1.165) is 5.56 Å². The average Bonchev–Trinajstić information content (AvgIpc) is 2.71. The second-order valence-corrected chi connectivity index (χ2v) is 13.9. The third-order valence-corrected chi connectivity index (χ3v) is 10.3. The predicted octanol–water partition coefficient (Wildman–Crippen LogP) is 5.65. The summed E-state index contributed by atoms with van der Waals surface area (Å²) in [6.45, 7) is 14.5. The molecule has 0 aliphatic heterocycles. The van der Waals surface area contributed by atoms with E-state index < -0.39 is 25.4 Å². The van der Waals surface area contributed by atoms with E-state index in [9.17, 15) is 15.2 Å². The molecule has 0 aliphatic rings. The van der Waals surface area contributed by atoms with E-state index in [1.165, 1.54) is 12.1 Å². The predicted molar refractivity (Wildman–Crippen MR) is 126 cm³/mol. The van der Waals surface area contributed by atoms with Gasteiger partial charge in [0.15, 0.2) is 8.32 Å². The second kappa shape index (κ2) is 10.2. The van der Waals surface area contributed by atoms with E-state index in [2.05, 4.69) is 40.4 Å². The largest absolute Gasteiger partial charge is 0.482 e. The van der Waals surface area contributed by atoms with Crippen molar-refractivity contribution in [2.45, 2.75) is 64.1 Å². The zero-order chi connectivity index (χ0) is 23.2. The third-order valence-electron chi connectivity index (χ3n) is 5.79. The van der Waals surface area contributed by atoms with Gasteiger partial charge in [0, 0.05) is 18.1 Å². The molecule has 31 heavy (non-hydrogen) atoms. The molecule has 0 fully saturated rings. The maximum absolute atomic E-state index is 11.7. The molecular weight excluding hydrogens is 410 g/mol. The summed E-state index contributed by atoms with van der Waals surface area (Å²) in [4.78, 5) is 11.2. The maximum atomic E-state index is 11.7. The molecule has 0 saturated carbocycles. The Morgan fingerprint density at radius 3 is 2.35 bits per heavy atom. The van der Waals surface area contributed by atoms with Crippen LogP contribution in [0, 0.1) is 10.1 Å². The van der Waals surface area contributed by atoms with Gasteiger partial charge in [-0.2, -0.15) is 0 Å². The number of para-hydroxylation sites is 1. The van der Waals surface area contributed by atoms with Crippen molar-refractivity contribution >= 4 is 14.0 Å². The van der Waals surface area contributed by atoms with Gasteiger partial charge in [0.05, 0.1) is 17.1 Å². The molecule has 0 amide bonds. The summed E-state index contributed by atoms with van der Waals surface area (Å²) in [5, 5.41) is 22.2. The van der Waals surface area contributed by atoms with E-state index in [4.69, 9.17) is 9.16 Å². The fourth-order valence-electron chi connectivity index (χ4n) is 2.93. The Labute approximate surface area is 185 Å². The van der Waals surface area contributed by atoms with Crippen LogP contribution in [0.15, 0.2) is 61.2 Å². The molecule has 2 rings (SSSR count). The first kappa shape index (κ1) is 24.8. The highest BCUT2D eigenvalue weighted by atomic mass is 28.4. The SMILES string of the molecule is C=C[C@H](O)[C@H](Cc1cccc([N+](=O)[O-])c1OCc1ccccc1)O[Si](C)(C)C(C)(C)C. The Hall–Kier alpha value is -2.48. The van der Waals surface area contributed by atoms with Crippen molar-refractivity contribution in [2.75, 3.05) is 0 Å². The molecule has 0 saturated heterocycles. The van der Waals surface area contributed by atoms with Crippen molar-refractivity contribution < 1.29 is 19.2 Å². The number of rotatable bonds is 10. The van der Waals surface area contributed by atoms with Gasteiger partial charge in [-0.15, -0.1) is 6.58 Å². The molecule has 0 aromatic heterocycles. The molecule has 2 aromatic carbocycles. The van der Waals surface area contributed by atoms with Crippen LogP contribution < -0.4 is 4.74 Å². The lowest BCUT2D eigenvalue weighted by atomic mass is 10.0. The summed E-state index contributed by atoms with van der Waals surface area (Å²) in [5.41, 5.74) is 1.43. The number of benzene rings is 2. The smallest absolute Gasteiger partial charge is 0.311 e. The first-order chi connectivity index (χ1) is 14.5. The highest BCUT2D eigenvalue weighted by Crippen LogP contribution is 2.39. The Balaban J connectivity index is 2.38. The van der Waals surface area contributed by atoms with Gasteiger partial charge in [-0.3, -0.25) is 10.1 Å². The van der Waals surface area contributed by atoms with Gasteiger partial charge in [0.25, 0.3) is 0 Å². The molecule has 2 atom stereocenters. The Morgan fingerprint density at radius 2 is 1.81 bits per heavy atom. The molecule has 1 N–H and O–H groups in total. The van der Waals surface area contributed by atoms with Crippen LogP contribution in [0.25, 0.3) is 0 Å². The van der Waals surface area contributed by atoms with Gasteiger partial charge < -0.3 is 14.3 Å². The first-order valence-corrected chi connectivity index (χ1v) is 13.3.